The van der Waals surface area contributed by atoms with Crippen molar-refractivity contribution in [3.05, 3.63) is 84.9 Å². The summed E-state index contributed by atoms with van der Waals surface area (Å²) in [7, 11) is 1.98. The molecular weight excluding hydrogens is 617 g/mol. The van der Waals surface area contributed by atoms with Crippen LogP contribution in [0.5, 0.6) is 0 Å². The van der Waals surface area contributed by atoms with E-state index in [1.165, 1.54) is 0 Å². The van der Waals surface area contributed by atoms with Crippen molar-refractivity contribution in [3.63, 3.8) is 0 Å². The van der Waals surface area contributed by atoms with Crippen LogP contribution < -0.4 is 5.73 Å². The highest BCUT2D eigenvalue weighted by Crippen LogP contribution is 2.41. The highest BCUT2D eigenvalue weighted by atomic mass is 127. The Hall–Kier alpha value is -2.79. The van der Waals surface area contributed by atoms with Gasteiger partial charge in [0.25, 0.3) is 0 Å². The Bertz CT molecular complexity index is 1650. The van der Waals surface area contributed by atoms with Gasteiger partial charge in [-0.2, -0.15) is 0 Å². The van der Waals surface area contributed by atoms with E-state index < -0.39 is 23.1 Å². The van der Waals surface area contributed by atoms with E-state index in [2.05, 4.69) is 44.6 Å². The first kappa shape index (κ1) is 23.0. The molecule has 2 N–H and O–H groups in total. The number of carbonyl (C=O) groups is 1. The Balaban J connectivity index is 1.75. The van der Waals surface area contributed by atoms with Gasteiger partial charge < -0.3 is 14.7 Å². The van der Waals surface area contributed by atoms with E-state index >= 15 is 0 Å². The van der Waals surface area contributed by atoms with E-state index in [9.17, 15) is 13.6 Å². The minimum atomic E-state index is -0.960. The highest BCUT2D eigenvalue weighted by Gasteiger charge is 2.23. The fourth-order valence-corrected chi connectivity index (χ4v) is 5.97. The zero-order valence-corrected chi connectivity index (χ0v) is 22.1. The van der Waals surface area contributed by atoms with Gasteiger partial charge in [-0.05, 0) is 88.3 Å². The summed E-state index contributed by atoms with van der Waals surface area (Å²) in [5.41, 5.74) is 10.6. The number of halogens is 4. The lowest BCUT2D eigenvalue weighted by molar-refractivity contribution is 0.103. The molecule has 9 heteroatoms. The predicted octanol–water partition coefficient (Wildman–Crippen LogP) is 6.57. The lowest BCUT2D eigenvalue weighted by Crippen LogP contribution is -2.08. The summed E-state index contributed by atoms with van der Waals surface area (Å²) in [5, 5.41) is 0. The van der Waals surface area contributed by atoms with Gasteiger partial charge in [0.2, 0.25) is 5.78 Å². The zero-order valence-electron chi connectivity index (χ0n) is 18.4. The molecule has 0 radical (unpaired) electrons. The molecule has 5 nitrogen and oxygen atoms in total. The normalized spacial score (nSPS) is 11.6. The Morgan fingerprint density at radius 1 is 1.15 bits per heavy atom. The van der Waals surface area contributed by atoms with Crippen LogP contribution in [0.25, 0.3) is 27.7 Å². The number of hydrogen-bond donors (Lipinski definition) is 1. The first-order chi connectivity index (χ1) is 16.1. The molecule has 0 aliphatic rings. The number of anilines is 1. The lowest BCUT2D eigenvalue weighted by Gasteiger charge is -2.13. The van der Waals surface area contributed by atoms with Crippen molar-refractivity contribution in [2.75, 3.05) is 5.73 Å². The number of pyridine rings is 1. The van der Waals surface area contributed by atoms with Gasteiger partial charge in [0.1, 0.15) is 28.7 Å². The Morgan fingerprint density at radius 3 is 2.50 bits per heavy atom. The smallest absolute Gasteiger partial charge is 0.209 e. The van der Waals surface area contributed by atoms with Gasteiger partial charge in [-0.1, -0.05) is 6.07 Å². The average Bonchev–Trinajstić information content (AvgIpc) is 3.28. The Morgan fingerprint density at radius 2 is 1.82 bits per heavy atom. The van der Waals surface area contributed by atoms with Crippen LogP contribution in [0.15, 0.2) is 47.1 Å². The molecule has 34 heavy (non-hydrogen) atoms. The standard InChI is InChI=1S/C25H18BrF2IN4O/c1-11-7-18-23(31-12(2)32(18)3)21(26)20(11)14-5-4-6-33-19(10-17(29)24(14)33)25(34)13-8-15(27)22(30)16(28)9-13/h4-10H,30H2,1-3H3. The second kappa shape index (κ2) is 8.16. The number of benzene rings is 2. The molecule has 0 bridgehead atoms. The first-order valence-electron chi connectivity index (χ1n) is 10.3. The van der Waals surface area contributed by atoms with Crippen LogP contribution >= 0.6 is 38.5 Å². The van der Waals surface area contributed by atoms with E-state index in [0.717, 1.165) is 59.2 Å². The minimum absolute atomic E-state index is 0.104. The number of carbonyl (C=O) groups excluding carboxylic acids is 1. The van der Waals surface area contributed by atoms with Gasteiger partial charge in [-0.25, -0.2) is 13.8 Å². The maximum absolute atomic E-state index is 14.0. The molecule has 0 atom stereocenters. The van der Waals surface area contributed by atoms with Crippen molar-refractivity contribution in [1.29, 1.82) is 0 Å². The van der Waals surface area contributed by atoms with Crippen molar-refractivity contribution in [1.82, 2.24) is 14.0 Å². The van der Waals surface area contributed by atoms with Crippen LogP contribution in [0.2, 0.25) is 0 Å². The molecule has 0 amide bonds. The number of hydrogen-bond acceptors (Lipinski definition) is 3. The number of nitrogens with two attached hydrogens (primary N) is 1. The number of fused-ring (bicyclic) bond motifs is 2. The summed E-state index contributed by atoms with van der Waals surface area (Å²) < 4.78 is 33.6. The van der Waals surface area contributed by atoms with Gasteiger partial charge >= 0.3 is 0 Å². The lowest BCUT2D eigenvalue weighted by atomic mass is 9.99. The number of nitrogen functional groups attached to an aromatic ring is 1. The molecule has 5 rings (SSSR count). The summed E-state index contributed by atoms with van der Waals surface area (Å²) in [4.78, 5) is 18.0. The molecule has 2 aromatic carbocycles. The quantitative estimate of drug-likeness (QED) is 0.139. The number of ketones is 1. The topological polar surface area (TPSA) is 65.3 Å². The molecule has 3 aromatic heterocycles. The molecule has 0 unspecified atom stereocenters. The van der Waals surface area contributed by atoms with Gasteiger partial charge in [0.05, 0.1) is 21.2 Å². The van der Waals surface area contributed by atoms with Gasteiger partial charge in [-0.3, -0.25) is 4.79 Å². The fraction of sp³-hybridized carbons (Fsp3) is 0.120. The number of imidazole rings is 1. The molecule has 172 valence electrons. The summed E-state index contributed by atoms with van der Waals surface area (Å²) in [5.74, 6) is -1.52. The molecule has 0 saturated heterocycles. The Labute approximate surface area is 215 Å². The molecule has 3 heterocycles. The van der Waals surface area contributed by atoms with Crippen LogP contribution in [-0.4, -0.2) is 19.7 Å². The van der Waals surface area contributed by atoms with Crippen molar-refractivity contribution in [3.8, 4) is 11.1 Å². The van der Waals surface area contributed by atoms with Gasteiger partial charge in [-0.15, -0.1) is 0 Å². The maximum Gasteiger partial charge on any atom is 0.209 e. The third kappa shape index (κ3) is 3.36. The molecule has 0 spiro atoms. The van der Waals surface area contributed by atoms with Gasteiger partial charge in [0, 0.05) is 33.5 Å². The van der Waals surface area contributed by atoms with Crippen LogP contribution in [0.1, 0.15) is 27.4 Å². The first-order valence-corrected chi connectivity index (χ1v) is 12.2. The van der Waals surface area contributed by atoms with E-state index in [1.807, 2.05) is 37.6 Å². The minimum Gasteiger partial charge on any atom is -0.394 e. The monoisotopic (exact) mass is 634 g/mol. The highest BCUT2D eigenvalue weighted by molar-refractivity contribution is 14.1. The molecule has 0 fully saturated rings. The van der Waals surface area contributed by atoms with E-state index in [4.69, 9.17) is 10.7 Å². The van der Waals surface area contributed by atoms with Crippen molar-refractivity contribution < 1.29 is 13.6 Å². The molecule has 0 aliphatic carbocycles. The average molecular weight is 635 g/mol. The SMILES string of the molecule is Cc1cc2c(nc(C)n2C)c(Br)c1-c1cccn2c(C(=O)c3cc(F)c(N)c(F)c3)cc(I)c12. The number of rotatable bonds is 3. The van der Waals surface area contributed by atoms with Crippen molar-refractivity contribution in [2.24, 2.45) is 7.05 Å². The number of aromatic nitrogens is 3. The van der Waals surface area contributed by atoms with Crippen LogP contribution in [0.4, 0.5) is 14.5 Å². The third-order valence-electron chi connectivity index (χ3n) is 6.12. The summed E-state index contributed by atoms with van der Waals surface area (Å²) in [6.45, 7) is 3.99. The van der Waals surface area contributed by atoms with Crippen LogP contribution in [0, 0.1) is 29.1 Å². The number of aryl methyl sites for hydroxylation is 3. The summed E-state index contributed by atoms with van der Waals surface area (Å²) in [6, 6.07) is 9.59. The molecular formula is C25H18BrF2IN4O. The predicted molar refractivity (Wildman–Crippen MR) is 141 cm³/mol. The maximum atomic E-state index is 14.0. The third-order valence-corrected chi connectivity index (χ3v) is 7.72. The molecule has 0 saturated carbocycles. The fourth-order valence-electron chi connectivity index (χ4n) is 4.30. The largest absolute Gasteiger partial charge is 0.394 e. The van der Waals surface area contributed by atoms with Crippen molar-refractivity contribution >= 4 is 66.5 Å². The van der Waals surface area contributed by atoms with E-state index in [-0.39, 0.29) is 5.56 Å². The van der Waals surface area contributed by atoms with Crippen molar-refractivity contribution in [2.45, 2.75) is 13.8 Å². The summed E-state index contributed by atoms with van der Waals surface area (Å²) in [6.07, 6.45) is 1.77. The second-order valence-electron chi connectivity index (χ2n) is 8.17. The summed E-state index contributed by atoms with van der Waals surface area (Å²) >= 11 is 5.95. The molecule has 5 aromatic rings. The Kier molecular flexibility index (Phi) is 5.51. The number of nitrogens with zero attached hydrogens (tertiary/aromatic N) is 3. The van der Waals surface area contributed by atoms with Crippen LogP contribution in [-0.2, 0) is 7.05 Å². The second-order valence-corrected chi connectivity index (χ2v) is 10.1. The zero-order chi connectivity index (χ0) is 24.5. The van der Waals surface area contributed by atoms with E-state index in [1.54, 1.807) is 16.7 Å². The molecule has 0 aliphatic heterocycles. The van der Waals surface area contributed by atoms with E-state index in [0.29, 0.717) is 5.69 Å². The van der Waals surface area contributed by atoms with Gasteiger partial charge in [0.15, 0.2) is 0 Å². The van der Waals surface area contributed by atoms with Crippen LogP contribution in [0.3, 0.4) is 0 Å².